The number of nitrogens with zero attached hydrogens (tertiary/aromatic N) is 1. The number of primary amides is 1. The van der Waals surface area contributed by atoms with Crippen LogP contribution in [0.3, 0.4) is 0 Å². The quantitative estimate of drug-likeness (QED) is 0.586. The van der Waals surface area contributed by atoms with E-state index in [1.807, 2.05) is 41.3 Å². The van der Waals surface area contributed by atoms with Crippen molar-refractivity contribution in [1.82, 2.24) is 4.90 Å². The standard InChI is InChI=1S/C27H28N2O4/c28-26(31)27(32,22-11-5-2-6-12-22)23-13-7-10-21(19-23)24(18-20-8-3-1-4-9-20)25(30)29-14-16-33-17-15-29/h1-13,19,24,32H,14-18H2,(H2,28,31). The lowest BCUT2D eigenvalue weighted by molar-refractivity contribution is -0.136. The van der Waals surface area contributed by atoms with Gasteiger partial charge in [-0.15, -0.1) is 0 Å². The lowest BCUT2D eigenvalue weighted by Gasteiger charge is -2.31. The summed E-state index contributed by atoms with van der Waals surface area (Å²) in [6.45, 7) is 2.11. The lowest BCUT2D eigenvalue weighted by atomic mass is 9.82. The van der Waals surface area contributed by atoms with Gasteiger partial charge in [-0.1, -0.05) is 84.9 Å². The van der Waals surface area contributed by atoms with Gasteiger partial charge in [0.05, 0.1) is 19.1 Å². The summed E-state index contributed by atoms with van der Waals surface area (Å²) >= 11 is 0. The first-order chi connectivity index (χ1) is 16.0. The fraction of sp³-hybridized carbons (Fsp3) is 0.259. The molecule has 1 saturated heterocycles. The molecular weight excluding hydrogens is 416 g/mol. The number of rotatable bonds is 7. The van der Waals surface area contributed by atoms with E-state index in [9.17, 15) is 14.7 Å². The number of morpholine rings is 1. The minimum atomic E-state index is -2.00. The molecule has 6 nitrogen and oxygen atoms in total. The minimum Gasteiger partial charge on any atom is -0.378 e. The van der Waals surface area contributed by atoms with Gasteiger partial charge < -0.3 is 20.5 Å². The van der Waals surface area contributed by atoms with Gasteiger partial charge in [-0.05, 0) is 28.7 Å². The highest BCUT2D eigenvalue weighted by Gasteiger charge is 2.39. The van der Waals surface area contributed by atoms with Crippen LogP contribution in [0.15, 0.2) is 84.9 Å². The predicted octanol–water partition coefficient (Wildman–Crippen LogP) is 2.59. The molecular formula is C27H28N2O4. The lowest BCUT2D eigenvalue weighted by Crippen LogP contribution is -2.44. The van der Waals surface area contributed by atoms with Gasteiger partial charge in [-0.25, -0.2) is 0 Å². The molecule has 2 amide bonds. The van der Waals surface area contributed by atoms with Crippen LogP contribution in [0.1, 0.15) is 28.2 Å². The zero-order valence-electron chi connectivity index (χ0n) is 18.4. The zero-order valence-corrected chi connectivity index (χ0v) is 18.4. The van der Waals surface area contributed by atoms with Crippen LogP contribution in [0, 0.1) is 0 Å². The highest BCUT2D eigenvalue weighted by atomic mass is 16.5. The Bertz CT molecular complexity index is 1100. The summed E-state index contributed by atoms with van der Waals surface area (Å²) in [5.41, 5.74) is 6.16. The minimum absolute atomic E-state index is 0.00151. The number of benzene rings is 3. The number of ether oxygens (including phenoxy) is 1. The molecule has 33 heavy (non-hydrogen) atoms. The van der Waals surface area contributed by atoms with Gasteiger partial charge in [0, 0.05) is 13.1 Å². The van der Waals surface area contributed by atoms with Crippen molar-refractivity contribution < 1.29 is 19.4 Å². The fourth-order valence-electron chi connectivity index (χ4n) is 4.31. The Labute approximate surface area is 193 Å². The van der Waals surface area contributed by atoms with Gasteiger partial charge in [0.15, 0.2) is 5.60 Å². The Kier molecular flexibility index (Phi) is 6.87. The largest absolute Gasteiger partial charge is 0.378 e. The van der Waals surface area contributed by atoms with Gasteiger partial charge in [0.2, 0.25) is 5.91 Å². The summed E-state index contributed by atoms with van der Waals surface area (Å²) in [5.74, 6) is -1.34. The average Bonchev–Trinajstić information content (AvgIpc) is 2.88. The molecule has 6 heteroatoms. The Morgan fingerprint density at radius 1 is 0.909 bits per heavy atom. The molecule has 2 atom stereocenters. The van der Waals surface area contributed by atoms with Crippen LogP contribution in [-0.2, 0) is 26.3 Å². The maximum absolute atomic E-state index is 13.6. The first-order valence-corrected chi connectivity index (χ1v) is 11.1. The molecule has 1 heterocycles. The van der Waals surface area contributed by atoms with Crippen molar-refractivity contribution in [2.75, 3.05) is 26.3 Å². The summed E-state index contributed by atoms with van der Waals surface area (Å²) in [4.78, 5) is 27.9. The van der Waals surface area contributed by atoms with E-state index >= 15 is 0 Å². The number of aliphatic hydroxyl groups is 1. The maximum atomic E-state index is 13.6. The molecule has 1 aliphatic heterocycles. The molecule has 3 aromatic rings. The average molecular weight is 445 g/mol. The summed E-state index contributed by atoms with van der Waals surface area (Å²) in [6, 6.07) is 25.5. The second-order valence-electron chi connectivity index (χ2n) is 8.25. The van der Waals surface area contributed by atoms with Gasteiger partial charge in [0.25, 0.3) is 5.91 Å². The molecule has 170 valence electrons. The molecule has 0 aromatic heterocycles. The molecule has 3 N–H and O–H groups in total. The van der Waals surface area contributed by atoms with Crippen LogP contribution in [0.25, 0.3) is 0 Å². The van der Waals surface area contributed by atoms with Crippen molar-refractivity contribution in [3.05, 3.63) is 107 Å². The van der Waals surface area contributed by atoms with Crippen molar-refractivity contribution >= 4 is 11.8 Å². The van der Waals surface area contributed by atoms with E-state index in [2.05, 4.69) is 0 Å². The number of hydrogen-bond acceptors (Lipinski definition) is 4. The summed E-state index contributed by atoms with van der Waals surface area (Å²) in [6.07, 6.45) is 0.501. The molecule has 1 fully saturated rings. The SMILES string of the molecule is NC(=O)C(O)(c1ccccc1)c1cccc(C(Cc2ccccc2)C(=O)N2CCOCC2)c1. The molecule has 0 bridgehead atoms. The van der Waals surface area contributed by atoms with Gasteiger partial charge in [-0.2, -0.15) is 0 Å². The molecule has 1 aliphatic rings. The topological polar surface area (TPSA) is 92.9 Å². The highest BCUT2D eigenvalue weighted by molar-refractivity contribution is 5.89. The van der Waals surface area contributed by atoms with Crippen LogP contribution < -0.4 is 5.73 Å². The van der Waals surface area contributed by atoms with Crippen molar-refractivity contribution in [1.29, 1.82) is 0 Å². The van der Waals surface area contributed by atoms with E-state index in [4.69, 9.17) is 10.5 Å². The molecule has 3 aromatic carbocycles. The van der Waals surface area contributed by atoms with Gasteiger partial charge >= 0.3 is 0 Å². The Hall–Kier alpha value is -3.48. The first-order valence-electron chi connectivity index (χ1n) is 11.1. The third kappa shape index (κ3) is 4.82. The molecule has 4 rings (SSSR count). The van der Waals surface area contributed by atoms with Crippen LogP contribution >= 0.6 is 0 Å². The molecule has 0 aliphatic carbocycles. The van der Waals surface area contributed by atoms with Gasteiger partial charge in [0.1, 0.15) is 0 Å². The zero-order chi connectivity index (χ0) is 23.3. The smallest absolute Gasteiger partial charge is 0.258 e. The van der Waals surface area contributed by atoms with E-state index in [1.165, 1.54) is 0 Å². The third-order valence-electron chi connectivity index (χ3n) is 6.16. The number of carbonyl (C=O) groups excluding carboxylic acids is 2. The summed E-state index contributed by atoms with van der Waals surface area (Å²) in [7, 11) is 0. The molecule has 2 unspecified atom stereocenters. The van der Waals surface area contributed by atoms with Crippen molar-refractivity contribution in [3.8, 4) is 0 Å². The van der Waals surface area contributed by atoms with E-state index in [1.54, 1.807) is 48.5 Å². The predicted molar refractivity (Wildman–Crippen MR) is 125 cm³/mol. The van der Waals surface area contributed by atoms with E-state index < -0.39 is 17.4 Å². The Morgan fingerprint density at radius 2 is 1.52 bits per heavy atom. The number of amides is 2. The first kappa shape index (κ1) is 22.7. The molecule has 0 spiro atoms. The van der Waals surface area contributed by atoms with Gasteiger partial charge in [-0.3, -0.25) is 9.59 Å². The fourth-order valence-corrected chi connectivity index (χ4v) is 4.31. The van der Waals surface area contributed by atoms with Crippen LogP contribution in [-0.4, -0.2) is 48.1 Å². The number of hydrogen-bond donors (Lipinski definition) is 2. The van der Waals surface area contributed by atoms with E-state index in [0.717, 1.165) is 11.1 Å². The molecule has 0 radical (unpaired) electrons. The van der Waals surface area contributed by atoms with Crippen molar-refractivity contribution in [2.24, 2.45) is 5.73 Å². The summed E-state index contributed by atoms with van der Waals surface area (Å²) in [5, 5.41) is 11.4. The highest BCUT2D eigenvalue weighted by Crippen LogP contribution is 2.33. The van der Waals surface area contributed by atoms with Crippen molar-refractivity contribution in [2.45, 2.75) is 17.9 Å². The summed E-state index contributed by atoms with van der Waals surface area (Å²) < 4.78 is 5.41. The van der Waals surface area contributed by atoms with Crippen LogP contribution in [0.5, 0.6) is 0 Å². The molecule has 0 saturated carbocycles. The monoisotopic (exact) mass is 444 g/mol. The Morgan fingerprint density at radius 3 is 2.15 bits per heavy atom. The Balaban J connectivity index is 1.75. The number of carbonyl (C=O) groups is 2. The second-order valence-corrected chi connectivity index (χ2v) is 8.25. The van der Waals surface area contributed by atoms with Crippen LogP contribution in [0.2, 0.25) is 0 Å². The maximum Gasteiger partial charge on any atom is 0.258 e. The number of nitrogens with two attached hydrogens (primary N) is 1. The second kappa shape index (κ2) is 9.98. The van der Waals surface area contributed by atoms with E-state index in [-0.39, 0.29) is 5.91 Å². The van der Waals surface area contributed by atoms with E-state index in [0.29, 0.717) is 43.9 Å². The van der Waals surface area contributed by atoms with Crippen LogP contribution in [0.4, 0.5) is 0 Å². The normalized spacial score (nSPS) is 16.6. The van der Waals surface area contributed by atoms with Crippen molar-refractivity contribution in [3.63, 3.8) is 0 Å². The third-order valence-corrected chi connectivity index (χ3v) is 6.16.